The Hall–Kier alpha value is -2.68. The van der Waals surface area contributed by atoms with Crippen molar-refractivity contribution in [1.82, 2.24) is 4.98 Å². The normalized spacial score (nSPS) is 10.3. The molecule has 0 atom stereocenters. The zero-order valence-corrected chi connectivity index (χ0v) is 11.4. The Balaban J connectivity index is 1.68. The fraction of sp³-hybridized carbons (Fsp3) is 0.0556. The van der Waals surface area contributed by atoms with E-state index in [4.69, 9.17) is 4.74 Å². The van der Waals surface area contributed by atoms with Crippen molar-refractivity contribution in [2.75, 3.05) is 0 Å². The summed E-state index contributed by atoms with van der Waals surface area (Å²) in [6.45, 7) is 0. The van der Waals surface area contributed by atoms with Crippen molar-refractivity contribution in [1.29, 1.82) is 0 Å². The van der Waals surface area contributed by atoms with Crippen LogP contribution in [0.2, 0.25) is 0 Å². The van der Waals surface area contributed by atoms with Crippen molar-refractivity contribution in [3.8, 4) is 11.5 Å². The lowest BCUT2D eigenvalue weighted by atomic mass is 10.1. The van der Waals surface area contributed by atoms with Crippen molar-refractivity contribution < 1.29 is 9.13 Å². The van der Waals surface area contributed by atoms with Gasteiger partial charge < -0.3 is 4.74 Å². The summed E-state index contributed by atoms with van der Waals surface area (Å²) in [5, 5.41) is 0. The predicted octanol–water partition coefficient (Wildman–Crippen LogP) is 4.60. The molecule has 3 rings (SSSR count). The van der Waals surface area contributed by atoms with Crippen LogP contribution in [-0.2, 0) is 6.42 Å². The highest BCUT2D eigenvalue weighted by Gasteiger charge is 2.00. The summed E-state index contributed by atoms with van der Waals surface area (Å²) in [5.74, 6) is 1.09. The zero-order chi connectivity index (χ0) is 14.5. The maximum atomic E-state index is 12.8. The van der Waals surface area contributed by atoms with Crippen molar-refractivity contribution in [2.24, 2.45) is 0 Å². The van der Waals surface area contributed by atoms with Crippen LogP contribution in [0.5, 0.6) is 11.5 Å². The third kappa shape index (κ3) is 3.66. The summed E-state index contributed by atoms with van der Waals surface area (Å²) in [7, 11) is 0. The highest BCUT2D eigenvalue weighted by Crippen LogP contribution is 2.22. The van der Waals surface area contributed by atoms with E-state index in [1.54, 1.807) is 18.3 Å². The Kier molecular flexibility index (Phi) is 3.92. The maximum absolute atomic E-state index is 12.8. The number of nitrogens with zero attached hydrogens (tertiary/aromatic N) is 1. The quantitative estimate of drug-likeness (QED) is 0.696. The summed E-state index contributed by atoms with van der Waals surface area (Å²) in [4.78, 5) is 4.11. The highest BCUT2D eigenvalue weighted by atomic mass is 19.1. The lowest BCUT2D eigenvalue weighted by Crippen LogP contribution is -1.89. The van der Waals surface area contributed by atoms with E-state index in [1.807, 2.05) is 36.5 Å². The molecule has 0 bridgehead atoms. The fourth-order valence-corrected chi connectivity index (χ4v) is 2.05. The summed E-state index contributed by atoms with van der Waals surface area (Å²) < 4.78 is 18.5. The van der Waals surface area contributed by atoms with Gasteiger partial charge in [0.1, 0.15) is 17.3 Å². The summed E-state index contributed by atoms with van der Waals surface area (Å²) in [6, 6.07) is 17.8. The van der Waals surface area contributed by atoms with Gasteiger partial charge in [0.25, 0.3) is 0 Å². The van der Waals surface area contributed by atoms with Crippen molar-refractivity contribution in [2.45, 2.75) is 6.42 Å². The lowest BCUT2D eigenvalue weighted by Gasteiger charge is -2.07. The summed E-state index contributed by atoms with van der Waals surface area (Å²) in [6.07, 6.45) is 4.47. The van der Waals surface area contributed by atoms with Gasteiger partial charge in [0.05, 0.1) is 0 Å². The molecule has 0 N–H and O–H groups in total. The molecule has 1 aromatic heterocycles. The zero-order valence-electron chi connectivity index (χ0n) is 11.4. The molecule has 2 aromatic carbocycles. The standard InChI is InChI=1S/C18H14FNO/c19-16-5-9-18(10-6-16)21-17-7-3-14(4-8-17)12-15-2-1-11-20-13-15/h1-11,13H,12H2. The molecule has 0 radical (unpaired) electrons. The van der Waals surface area contributed by atoms with E-state index in [2.05, 4.69) is 11.1 Å². The Morgan fingerprint density at radius 3 is 2.10 bits per heavy atom. The van der Waals surface area contributed by atoms with Gasteiger partial charge in [0, 0.05) is 12.4 Å². The average Bonchev–Trinajstić information content (AvgIpc) is 2.53. The molecular weight excluding hydrogens is 265 g/mol. The molecule has 2 nitrogen and oxygen atoms in total. The first-order chi connectivity index (χ1) is 10.3. The molecule has 0 amide bonds. The number of rotatable bonds is 4. The Labute approximate surface area is 122 Å². The lowest BCUT2D eigenvalue weighted by molar-refractivity contribution is 0.480. The fourth-order valence-electron chi connectivity index (χ4n) is 2.05. The molecule has 3 aromatic rings. The number of halogens is 1. The average molecular weight is 279 g/mol. The number of pyridine rings is 1. The molecule has 0 aliphatic rings. The monoisotopic (exact) mass is 279 g/mol. The summed E-state index contributed by atoms with van der Waals surface area (Å²) in [5.41, 5.74) is 2.36. The van der Waals surface area contributed by atoms with Gasteiger partial charge >= 0.3 is 0 Å². The minimum Gasteiger partial charge on any atom is -0.457 e. The van der Waals surface area contributed by atoms with Gasteiger partial charge in [-0.05, 0) is 60.0 Å². The van der Waals surface area contributed by atoms with Gasteiger partial charge in [-0.15, -0.1) is 0 Å². The molecule has 21 heavy (non-hydrogen) atoms. The summed E-state index contributed by atoms with van der Waals surface area (Å²) >= 11 is 0. The topological polar surface area (TPSA) is 22.1 Å². The van der Waals surface area contributed by atoms with Crippen LogP contribution in [0.15, 0.2) is 73.1 Å². The van der Waals surface area contributed by atoms with Crippen LogP contribution < -0.4 is 4.74 Å². The first-order valence-corrected chi connectivity index (χ1v) is 6.71. The molecule has 0 aliphatic heterocycles. The minimum absolute atomic E-state index is 0.269. The second kappa shape index (κ2) is 6.18. The molecule has 0 spiro atoms. The van der Waals surface area contributed by atoms with Gasteiger partial charge in [-0.1, -0.05) is 18.2 Å². The van der Waals surface area contributed by atoms with E-state index >= 15 is 0 Å². The third-order valence-corrected chi connectivity index (χ3v) is 3.10. The molecule has 0 unspecified atom stereocenters. The SMILES string of the molecule is Fc1ccc(Oc2ccc(Cc3cccnc3)cc2)cc1. The number of benzene rings is 2. The van der Waals surface area contributed by atoms with Crippen LogP contribution in [0, 0.1) is 5.82 Å². The smallest absolute Gasteiger partial charge is 0.127 e. The predicted molar refractivity (Wildman–Crippen MR) is 80.0 cm³/mol. The first kappa shape index (κ1) is 13.3. The second-order valence-electron chi connectivity index (χ2n) is 4.74. The number of ether oxygens (including phenoxy) is 1. The largest absolute Gasteiger partial charge is 0.457 e. The van der Waals surface area contributed by atoms with E-state index in [1.165, 1.54) is 23.3 Å². The molecule has 3 heteroatoms. The van der Waals surface area contributed by atoms with Crippen molar-refractivity contribution >= 4 is 0 Å². The van der Waals surface area contributed by atoms with Gasteiger partial charge in [0.2, 0.25) is 0 Å². The van der Waals surface area contributed by atoms with Crippen LogP contribution in [0.25, 0.3) is 0 Å². The molecule has 104 valence electrons. The first-order valence-electron chi connectivity index (χ1n) is 6.71. The highest BCUT2D eigenvalue weighted by molar-refractivity contribution is 5.34. The third-order valence-electron chi connectivity index (χ3n) is 3.10. The van der Waals surface area contributed by atoms with Crippen LogP contribution in [0.1, 0.15) is 11.1 Å². The number of hydrogen-bond donors (Lipinski definition) is 0. The van der Waals surface area contributed by atoms with Gasteiger partial charge in [-0.2, -0.15) is 0 Å². The van der Waals surface area contributed by atoms with Gasteiger partial charge in [-0.3, -0.25) is 4.98 Å². The van der Waals surface area contributed by atoms with E-state index < -0.39 is 0 Å². The van der Waals surface area contributed by atoms with E-state index in [0.29, 0.717) is 5.75 Å². The van der Waals surface area contributed by atoms with Crippen LogP contribution >= 0.6 is 0 Å². The Morgan fingerprint density at radius 2 is 1.48 bits per heavy atom. The molecule has 0 saturated carbocycles. The van der Waals surface area contributed by atoms with E-state index in [0.717, 1.165) is 12.2 Å². The van der Waals surface area contributed by atoms with Crippen molar-refractivity contribution in [3.05, 3.63) is 90.0 Å². The Bertz CT molecular complexity index is 694. The maximum Gasteiger partial charge on any atom is 0.127 e. The second-order valence-corrected chi connectivity index (χ2v) is 4.74. The molecule has 0 fully saturated rings. The molecule has 1 heterocycles. The molecule has 0 saturated heterocycles. The van der Waals surface area contributed by atoms with Crippen LogP contribution in [-0.4, -0.2) is 4.98 Å². The molecular formula is C18H14FNO. The van der Waals surface area contributed by atoms with E-state index in [-0.39, 0.29) is 5.82 Å². The van der Waals surface area contributed by atoms with E-state index in [9.17, 15) is 4.39 Å². The molecule has 0 aliphatic carbocycles. The number of aromatic nitrogens is 1. The van der Waals surface area contributed by atoms with Crippen LogP contribution in [0.3, 0.4) is 0 Å². The minimum atomic E-state index is -0.269. The Morgan fingerprint density at radius 1 is 0.810 bits per heavy atom. The van der Waals surface area contributed by atoms with Gasteiger partial charge in [0.15, 0.2) is 0 Å². The van der Waals surface area contributed by atoms with Crippen LogP contribution in [0.4, 0.5) is 4.39 Å². The van der Waals surface area contributed by atoms with Crippen molar-refractivity contribution in [3.63, 3.8) is 0 Å². The number of hydrogen-bond acceptors (Lipinski definition) is 2. The van der Waals surface area contributed by atoms with Gasteiger partial charge in [-0.25, -0.2) is 4.39 Å².